The summed E-state index contributed by atoms with van der Waals surface area (Å²) in [6, 6.07) is 26.6. The van der Waals surface area contributed by atoms with Gasteiger partial charge in [0.05, 0.1) is 25.3 Å². The number of nitrogens with zero attached hydrogens (tertiary/aromatic N) is 1. The van der Waals surface area contributed by atoms with E-state index < -0.39 is 12.0 Å². The molecular formula is C29H31N3O4. The Morgan fingerprint density at radius 2 is 1.44 bits per heavy atom. The zero-order valence-corrected chi connectivity index (χ0v) is 20.6. The SMILES string of the molecule is CCOc1ccccc1[C@@H]1NC(=O)NC(CN(Cc2ccccc2)Cc2ccccc2)=C1C(=O)OC. The van der Waals surface area contributed by atoms with Crippen LogP contribution in [0.4, 0.5) is 4.79 Å². The van der Waals surface area contributed by atoms with Gasteiger partial charge >= 0.3 is 12.0 Å². The summed E-state index contributed by atoms with van der Waals surface area (Å²) in [5.74, 6) is 0.103. The van der Waals surface area contributed by atoms with Crippen molar-refractivity contribution in [3.63, 3.8) is 0 Å². The van der Waals surface area contributed by atoms with Crippen molar-refractivity contribution >= 4 is 12.0 Å². The average molecular weight is 486 g/mol. The summed E-state index contributed by atoms with van der Waals surface area (Å²) in [7, 11) is 1.35. The molecular weight excluding hydrogens is 454 g/mol. The molecule has 0 unspecified atom stereocenters. The third-order valence-corrected chi connectivity index (χ3v) is 5.97. The Morgan fingerprint density at radius 1 is 0.861 bits per heavy atom. The van der Waals surface area contributed by atoms with Gasteiger partial charge in [-0.05, 0) is 24.1 Å². The molecule has 0 fully saturated rings. The predicted octanol–water partition coefficient (Wildman–Crippen LogP) is 4.57. The van der Waals surface area contributed by atoms with Gasteiger partial charge in [0.15, 0.2) is 0 Å². The Kier molecular flexibility index (Phi) is 8.36. The van der Waals surface area contributed by atoms with E-state index in [4.69, 9.17) is 9.47 Å². The van der Waals surface area contributed by atoms with Crippen molar-refractivity contribution in [2.24, 2.45) is 0 Å². The highest BCUT2D eigenvalue weighted by Gasteiger charge is 2.35. The number of amides is 2. The highest BCUT2D eigenvalue weighted by Crippen LogP contribution is 2.34. The van der Waals surface area contributed by atoms with E-state index in [0.29, 0.717) is 48.8 Å². The number of methoxy groups -OCH3 is 1. The van der Waals surface area contributed by atoms with Gasteiger partial charge in [-0.15, -0.1) is 0 Å². The number of benzene rings is 3. The van der Waals surface area contributed by atoms with Crippen LogP contribution in [0.3, 0.4) is 0 Å². The number of carbonyl (C=O) groups is 2. The molecule has 3 aromatic carbocycles. The van der Waals surface area contributed by atoms with Crippen molar-refractivity contribution < 1.29 is 19.1 Å². The fourth-order valence-electron chi connectivity index (χ4n) is 4.41. The van der Waals surface area contributed by atoms with E-state index in [1.807, 2.05) is 67.6 Å². The third kappa shape index (κ3) is 6.12. The Labute approximate surface area is 211 Å². The standard InChI is InChI=1S/C29H31N3O4/c1-3-36-25-17-11-10-16-23(25)27-26(28(33)35-2)24(30-29(34)31-27)20-32(18-21-12-6-4-7-13-21)19-22-14-8-5-9-15-22/h4-17,27H,3,18-20H2,1-2H3,(H2,30,31,34)/t27-/m0/s1. The molecule has 0 radical (unpaired) electrons. The van der Waals surface area contributed by atoms with Crippen LogP contribution >= 0.6 is 0 Å². The Balaban J connectivity index is 1.74. The topological polar surface area (TPSA) is 79.9 Å². The van der Waals surface area contributed by atoms with E-state index in [-0.39, 0.29) is 6.03 Å². The van der Waals surface area contributed by atoms with Gasteiger partial charge in [-0.2, -0.15) is 0 Å². The van der Waals surface area contributed by atoms with Gasteiger partial charge in [0.25, 0.3) is 0 Å². The van der Waals surface area contributed by atoms with Gasteiger partial charge in [0.2, 0.25) is 0 Å². The zero-order chi connectivity index (χ0) is 25.3. The van der Waals surface area contributed by atoms with Gasteiger partial charge in [0, 0.05) is 30.9 Å². The molecule has 0 spiro atoms. The number of hydrogen-bond donors (Lipinski definition) is 2. The molecule has 36 heavy (non-hydrogen) atoms. The molecule has 3 aromatic rings. The van der Waals surface area contributed by atoms with Gasteiger partial charge < -0.3 is 20.1 Å². The Morgan fingerprint density at radius 3 is 2.03 bits per heavy atom. The summed E-state index contributed by atoms with van der Waals surface area (Å²) in [5.41, 5.74) is 3.83. The van der Waals surface area contributed by atoms with Gasteiger partial charge in [0.1, 0.15) is 5.75 Å². The second-order valence-electron chi connectivity index (χ2n) is 8.50. The molecule has 0 aromatic heterocycles. The summed E-state index contributed by atoms with van der Waals surface area (Å²) in [6.45, 7) is 3.97. The summed E-state index contributed by atoms with van der Waals surface area (Å²) in [5, 5.41) is 5.77. The summed E-state index contributed by atoms with van der Waals surface area (Å²) in [4.78, 5) is 28.1. The van der Waals surface area contributed by atoms with E-state index in [2.05, 4.69) is 39.8 Å². The van der Waals surface area contributed by atoms with Crippen LogP contribution in [-0.2, 0) is 22.6 Å². The molecule has 2 amide bonds. The van der Waals surface area contributed by atoms with Crippen LogP contribution in [-0.4, -0.2) is 37.2 Å². The first-order valence-electron chi connectivity index (χ1n) is 12.0. The highest BCUT2D eigenvalue weighted by atomic mass is 16.5. The van der Waals surface area contributed by atoms with Crippen molar-refractivity contribution in [2.45, 2.75) is 26.1 Å². The van der Waals surface area contributed by atoms with Crippen LogP contribution < -0.4 is 15.4 Å². The van der Waals surface area contributed by atoms with Gasteiger partial charge in [-0.3, -0.25) is 4.90 Å². The summed E-state index contributed by atoms with van der Waals surface area (Å²) < 4.78 is 11.0. The molecule has 0 bridgehead atoms. The lowest BCUT2D eigenvalue weighted by atomic mass is 9.94. The van der Waals surface area contributed by atoms with E-state index >= 15 is 0 Å². The monoisotopic (exact) mass is 485 g/mol. The Hall–Kier alpha value is -4.10. The number of ether oxygens (including phenoxy) is 2. The van der Waals surface area contributed by atoms with E-state index in [1.165, 1.54) is 7.11 Å². The molecule has 1 heterocycles. The fourth-order valence-corrected chi connectivity index (χ4v) is 4.41. The first-order chi connectivity index (χ1) is 17.6. The molecule has 0 saturated carbocycles. The van der Waals surface area contributed by atoms with Crippen molar-refractivity contribution in [2.75, 3.05) is 20.3 Å². The van der Waals surface area contributed by atoms with Crippen LogP contribution in [0, 0.1) is 0 Å². The van der Waals surface area contributed by atoms with Crippen molar-refractivity contribution in [3.8, 4) is 5.75 Å². The van der Waals surface area contributed by atoms with E-state index in [1.54, 1.807) is 0 Å². The number of hydrogen-bond acceptors (Lipinski definition) is 5. The second kappa shape index (κ2) is 12.0. The van der Waals surface area contributed by atoms with Crippen LogP contribution in [0.25, 0.3) is 0 Å². The normalized spacial score (nSPS) is 15.3. The number of rotatable bonds is 10. The van der Waals surface area contributed by atoms with E-state index in [9.17, 15) is 9.59 Å². The number of urea groups is 1. The molecule has 4 rings (SSSR count). The highest BCUT2D eigenvalue weighted by molar-refractivity contribution is 5.95. The lowest BCUT2D eigenvalue weighted by molar-refractivity contribution is -0.136. The van der Waals surface area contributed by atoms with Crippen LogP contribution in [0.2, 0.25) is 0 Å². The van der Waals surface area contributed by atoms with Crippen LogP contribution in [0.5, 0.6) is 5.75 Å². The lowest BCUT2D eigenvalue weighted by Gasteiger charge is -2.32. The number of para-hydroxylation sites is 1. The minimum atomic E-state index is -0.709. The molecule has 2 N–H and O–H groups in total. The predicted molar refractivity (Wildman–Crippen MR) is 138 cm³/mol. The largest absolute Gasteiger partial charge is 0.494 e. The molecule has 7 nitrogen and oxygen atoms in total. The molecule has 186 valence electrons. The lowest BCUT2D eigenvalue weighted by Crippen LogP contribution is -2.48. The Bertz CT molecular complexity index is 1170. The quantitative estimate of drug-likeness (QED) is 0.411. The van der Waals surface area contributed by atoms with Gasteiger partial charge in [-0.25, -0.2) is 9.59 Å². The average Bonchev–Trinajstić information content (AvgIpc) is 2.89. The van der Waals surface area contributed by atoms with Crippen molar-refractivity contribution in [3.05, 3.63) is 113 Å². The first kappa shape index (κ1) is 25.0. The van der Waals surface area contributed by atoms with Crippen molar-refractivity contribution in [1.29, 1.82) is 0 Å². The summed E-state index contributed by atoms with van der Waals surface area (Å²) in [6.07, 6.45) is 0. The maximum absolute atomic E-state index is 13.1. The number of esters is 1. The second-order valence-corrected chi connectivity index (χ2v) is 8.50. The molecule has 7 heteroatoms. The molecule has 0 aliphatic carbocycles. The summed E-state index contributed by atoms with van der Waals surface area (Å²) >= 11 is 0. The minimum Gasteiger partial charge on any atom is -0.494 e. The number of nitrogens with one attached hydrogen (secondary N) is 2. The first-order valence-corrected chi connectivity index (χ1v) is 12.0. The van der Waals surface area contributed by atoms with Crippen LogP contribution in [0.1, 0.15) is 29.7 Å². The van der Waals surface area contributed by atoms with E-state index in [0.717, 1.165) is 11.1 Å². The van der Waals surface area contributed by atoms with Crippen LogP contribution in [0.15, 0.2) is 96.2 Å². The maximum atomic E-state index is 13.1. The maximum Gasteiger partial charge on any atom is 0.338 e. The minimum absolute atomic E-state index is 0.342. The van der Waals surface area contributed by atoms with Gasteiger partial charge in [-0.1, -0.05) is 78.9 Å². The number of carbonyl (C=O) groups excluding carboxylic acids is 2. The molecule has 0 saturated heterocycles. The smallest absolute Gasteiger partial charge is 0.338 e. The third-order valence-electron chi connectivity index (χ3n) is 5.97. The molecule has 1 atom stereocenters. The van der Waals surface area contributed by atoms with Crippen molar-refractivity contribution in [1.82, 2.24) is 15.5 Å². The molecule has 1 aliphatic heterocycles. The zero-order valence-electron chi connectivity index (χ0n) is 20.6. The molecule has 1 aliphatic rings. The fraction of sp³-hybridized carbons (Fsp3) is 0.241.